The fraction of sp³-hybridized carbons (Fsp3) is 0. The zero-order valence-electron chi connectivity index (χ0n) is 23.9. The topological polar surface area (TPSA) is 18.1 Å². The highest BCUT2D eigenvalue weighted by Crippen LogP contribution is 2.38. The minimum Gasteiger partial charge on any atom is -0.455 e. The third-order valence-electron chi connectivity index (χ3n) is 8.80. The Labute approximate surface area is 255 Å². The number of fused-ring (bicyclic) bond motifs is 6. The van der Waals surface area contributed by atoms with E-state index in [1.807, 2.05) is 12.1 Å². The molecule has 0 aliphatic carbocycles. The first-order valence-electron chi connectivity index (χ1n) is 15.0. The van der Waals surface area contributed by atoms with Crippen molar-refractivity contribution in [3.8, 4) is 39.1 Å². The number of para-hydroxylation sites is 3. The van der Waals surface area contributed by atoms with Crippen molar-refractivity contribution in [3.05, 3.63) is 164 Å². The number of benzene rings is 7. The van der Waals surface area contributed by atoms with Gasteiger partial charge in [0.1, 0.15) is 11.2 Å². The van der Waals surface area contributed by atoms with Gasteiger partial charge in [-0.3, -0.25) is 0 Å². The minimum absolute atomic E-state index is 0.917. The second-order valence-corrected chi connectivity index (χ2v) is 11.4. The summed E-state index contributed by atoms with van der Waals surface area (Å²) in [5.74, 6) is 0. The zero-order chi connectivity index (χ0) is 29.0. The van der Waals surface area contributed by atoms with Crippen LogP contribution in [0, 0.1) is 0 Å². The fourth-order valence-electron chi connectivity index (χ4n) is 6.72. The standard InChI is InChI=1S/C42H27NO/c1-2-11-28(12-3-1)31-23-24-36-35-17-4-6-21-39(35)43(40(36)27-31)33-16-9-14-30(26-33)29-13-8-15-32(25-29)34-19-10-20-38-37-18-5-7-22-41(37)44-42(34)38/h1-27H. The van der Waals surface area contributed by atoms with Crippen LogP contribution in [0.25, 0.3) is 82.8 Å². The third kappa shape index (κ3) is 3.89. The van der Waals surface area contributed by atoms with Gasteiger partial charge in [0.2, 0.25) is 0 Å². The van der Waals surface area contributed by atoms with Gasteiger partial charge in [0.15, 0.2) is 0 Å². The summed E-state index contributed by atoms with van der Waals surface area (Å²) in [4.78, 5) is 0. The van der Waals surface area contributed by atoms with Crippen LogP contribution in [0.1, 0.15) is 0 Å². The van der Waals surface area contributed by atoms with Crippen molar-refractivity contribution in [2.75, 3.05) is 0 Å². The molecule has 0 saturated carbocycles. The molecule has 0 aliphatic heterocycles. The molecule has 44 heavy (non-hydrogen) atoms. The molecular formula is C42H27NO. The molecule has 2 heterocycles. The van der Waals surface area contributed by atoms with Crippen LogP contribution in [0.4, 0.5) is 0 Å². The molecule has 9 rings (SSSR count). The van der Waals surface area contributed by atoms with Gasteiger partial charge in [0.25, 0.3) is 0 Å². The van der Waals surface area contributed by atoms with Crippen molar-refractivity contribution in [3.63, 3.8) is 0 Å². The van der Waals surface area contributed by atoms with Crippen LogP contribution in [-0.4, -0.2) is 4.57 Å². The van der Waals surface area contributed by atoms with Crippen LogP contribution in [0.3, 0.4) is 0 Å². The molecule has 206 valence electrons. The quantitative estimate of drug-likeness (QED) is 0.209. The van der Waals surface area contributed by atoms with Crippen LogP contribution in [0.5, 0.6) is 0 Å². The van der Waals surface area contributed by atoms with Gasteiger partial charge in [-0.05, 0) is 64.2 Å². The molecule has 2 nitrogen and oxygen atoms in total. The van der Waals surface area contributed by atoms with Gasteiger partial charge in [-0.1, -0.05) is 127 Å². The molecule has 0 N–H and O–H groups in total. The molecule has 2 aromatic heterocycles. The van der Waals surface area contributed by atoms with Gasteiger partial charge < -0.3 is 8.98 Å². The van der Waals surface area contributed by atoms with E-state index >= 15 is 0 Å². The number of hydrogen-bond acceptors (Lipinski definition) is 1. The molecule has 0 aliphatic rings. The predicted octanol–water partition coefficient (Wildman–Crippen LogP) is 11.7. The first kappa shape index (κ1) is 24.7. The van der Waals surface area contributed by atoms with Gasteiger partial charge in [-0.2, -0.15) is 0 Å². The molecular weight excluding hydrogens is 534 g/mol. The number of hydrogen-bond donors (Lipinski definition) is 0. The van der Waals surface area contributed by atoms with Crippen molar-refractivity contribution in [1.29, 1.82) is 0 Å². The first-order chi connectivity index (χ1) is 21.8. The van der Waals surface area contributed by atoms with Gasteiger partial charge in [0.05, 0.1) is 11.0 Å². The molecule has 0 unspecified atom stereocenters. The highest BCUT2D eigenvalue weighted by molar-refractivity contribution is 6.11. The number of nitrogens with zero attached hydrogens (tertiary/aromatic N) is 1. The average Bonchev–Trinajstić information content (AvgIpc) is 3.64. The lowest BCUT2D eigenvalue weighted by Gasteiger charge is -2.12. The van der Waals surface area contributed by atoms with E-state index in [0.29, 0.717) is 0 Å². The molecule has 0 fully saturated rings. The lowest BCUT2D eigenvalue weighted by molar-refractivity contribution is 0.670. The van der Waals surface area contributed by atoms with Crippen LogP contribution in [0.15, 0.2) is 168 Å². The Balaban J connectivity index is 1.20. The van der Waals surface area contributed by atoms with Crippen molar-refractivity contribution in [2.45, 2.75) is 0 Å². The SMILES string of the molecule is c1ccc(-c2ccc3c4ccccc4n(-c4cccc(-c5cccc(-c6cccc7c6oc6ccccc67)c5)c4)c3c2)cc1. The normalized spacial score (nSPS) is 11.6. The Hall–Kier alpha value is -5.86. The summed E-state index contributed by atoms with van der Waals surface area (Å²) in [6, 6.07) is 58.5. The Morgan fingerprint density at radius 2 is 1.00 bits per heavy atom. The largest absolute Gasteiger partial charge is 0.455 e. The molecule has 0 amide bonds. The fourth-order valence-corrected chi connectivity index (χ4v) is 6.72. The molecule has 0 atom stereocenters. The summed E-state index contributed by atoms with van der Waals surface area (Å²) >= 11 is 0. The molecule has 7 aromatic carbocycles. The second kappa shape index (κ2) is 9.86. The van der Waals surface area contributed by atoms with Gasteiger partial charge in [-0.15, -0.1) is 0 Å². The van der Waals surface area contributed by atoms with Crippen molar-refractivity contribution >= 4 is 43.7 Å². The second-order valence-electron chi connectivity index (χ2n) is 11.4. The third-order valence-corrected chi connectivity index (χ3v) is 8.80. The minimum atomic E-state index is 0.917. The maximum Gasteiger partial charge on any atom is 0.143 e. The van der Waals surface area contributed by atoms with E-state index < -0.39 is 0 Å². The highest BCUT2D eigenvalue weighted by Gasteiger charge is 2.15. The van der Waals surface area contributed by atoms with Gasteiger partial charge in [-0.25, -0.2) is 0 Å². The van der Waals surface area contributed by atoms with E-state index in [1.165, 1.54) is 44.1 Å². The predicted molar refractivity (Wildman–Crippen MR) is 184 cm³/mol. The molecule has 0 spiro atoms. The van der Waals surface area contributed by atoms with E-state index in [4.69, 9.17) is 4.42 Å². The Bertz CT molecular complexity index is 2500. The van der Waals surface area contributed by atoms with Gasteiger partial charge >= 0.3 is 0 Å². The van der Waals surface area contributed by atoms with E-state index in [0.717, 1.165) is 38.8 Å². The van der Waals surface area contributed by atoms with E-state index in [1.54, 1.807) is 0 Å². The molecule has 9 aromatic rings. The van der Waals surface area contributed by atoms with Crippen LogP contribution in [-0.2, 0) is 0 Å². The zero-order valence-corrected chi connectivity index (χ0v) is 23.9. The van der Waals surface area contributed by atoms with Crippen molar-refractivity contribution < 1.29 is 4.42 Å². The average molecular weight is 562 g/mol. The highest BCUT2D eigenvalue weighted by atomic mass is 16.3. The maximum absolute atomic E-state index is 6.37. The summed E-state index contributed by atoms with van der Waals surface area (Å²) in [7, 11) is 0. The molecule has 0 saturated heterocycles. The summed E-state index contributed by atoms with van der Waals surface area (Å²) in [6.07, 6.45) is 0. The monoisotopic (exact) mass is 561 g/mol. The van der Waals surface area contributed by atoms with E-state index in [9.17, 15) is 0 Å². The van der Waals surface area contributed by atoms with Gasteiger partial charge in [0, 0.05) is 32.8 Å². The molecule has 0 radical (unpaired) electrons. The van der Waals surface area contributed by atoms with Crippen molar-refractivity contribution in [1.82, 2.24) is 4.57 Å². The summed E-state index contributed by atoms with van der Waals surface area (Å²) in [6.45, 7) is 0. The number of furan rings is 1. The molecule has 0 bridgehead atoms. The Kier molecular flexibility index (Phi) is 5.54. The summed E-state index contributed by atoms with van der Waals surface area (Å²) in [5, 5.41) is 4.81. The lowest BCUT2D eigenvalue weighted by atomic mass is 9.97. The summed E-state index contributed by atoms with van der Waals surface area (Å²) < 4.78 is 8.77. The molecule has 2 heteroatoms. The van der Waals surface area contributed by atoms with E-state index in [2.05, 4.69) is 156 Å². The number of rotatable bonds is 4. The van der Waals surface area contributed by atoms with Crippen LogP contribution < -0.4 is 0 Å². The number of aromatic nitrogens is 1. The lowest BCUT2D eigenvalue weighted by Crippen LogP contribution is -1.94. The summed E-state index contributed by atoms with van der Waals surface area (Å²) in [5.41, 5.74) is 12.4. The van der Waals surface area contributed by atoms with Crippen LogP contribution >= 0.6 is 0 Å². The Morgan fingerprint density at radius 3 is 1.91 bits per heavy atom. The first-order valence-corrected chi connectivity index (χ1v) is 15.0. The van der Waals surface area contributed by atoms with Crippen molar-refractivity contribution in [2.24, 2.45) is 0 Å². The maximum atomic E-state index is 6.37. The van der Waals surface area contributed by atoms with Crippen LogP contribution in [0.2, 0.25) is 0 Å². The Morgan fingerprint density at radius 1 is 0.364 bits per heavy atom. The van der Waals surface area contributed by atoms with E-state index in [-0.39, 0.29) is 0 Å². The smallest absolute Gasteiger partial charge is 0.143 e.